The molecule has 1 aromatic carbocycles. The highest BCUT2D eigenvalue weighted by molar-refractivity contribution is 5.78. The fourth-order valence-corrected chi connectivity index (χ4v) is 2.69. The molecule has 0 aromatic heterocycles. The minimum absolute atomic E-state index is 0.109. The molecule has 1 aliphatic heterocycles. The van der Waals surface area contributed by atoms with Gasteiger partial charge in [-0.15, -0.1) is 0 Å². The van der Waals surface area contributed by atoms with Crippen LogP contribution in [0.25, 0.3) is 0 Å². The average molecular weight is 320 g/mol. The first-order chi connectivity index (χ1) is 10.9. The lowest BCUT2D eigenvalue weighted by Gasteiger charge is -2.32. The largest absolute Gasteiger partial charge is 0.467 e. The molecule has 0 bridgehead atoms. The van der Waals surface area contributed by atoms with Crippen LogP contribution in [-0.4, -0.2) is 49.8 Å². The van der Waals surface area contributed by atoms with E-state index in [9.17, 15) is 9.59 Å². The number of aryl methyl sites for hydroxylation is 2. The predicted molar refractivity (Wildman–Crippen MR) is 86.2 cm³/mol. The summed E-state index contributed by atoms with van der Waals surface area (Å²) in [6.45, 7) is 7.00. The molecule has 1 aromatic rings. The van der Waals surface area contributed by atoms with Crippen molar-refractivity contribution in [1.82, 2.24) is 10.2 Å². The lowest BCUT2D eigenvalue weighted by Crippen LogP contribution is -2.52. The second-order valence-corrected chi connectivity index (χ2v) is 5.86. The number of morpholine rings is 1. The van der Waals surface area contributed by atoms with Crippen LogP contribution in [0.3, 0.4) is 0 Å². The van der Waals surface area contributed by atoms with E-state index < -0.39 is 12.1 Å². The highest BCUT2D eigenvalue weighted by atomic mass is 16.6. The van der Waals surface area contributed by atoms with Gasteiger partial charge in [0.25, 0.3) is 0 Å². The van der Waals surface area contributed by atoms with E-state index in [1.807, 2.05) is 20.8 Å². The van der Waals surface area contributed by atoms with Crippen LogP contribution in [0, 0.1) is 13.8 Å². The average Bonchev–Trinajstić information content (AvgIpc) is 2.56. The van der Waals surface area contributed by atoms with E-state index >= 15 is 0 Å². The first-order valence-corrected chi connectivity index (χ1v) is 7.74. The number of benzene rings is 1. The Kier molecular flexibility index (Phi) is 5.60. The Bertz CT molecular complexity index is 588. The van der Waals surface area contributed by atoms with Crippen molar-refractivity contribution in [3.63, 3.8) is 0 Å². The number of esters is 1. The summed E-state index contributed by atoms with van der Waals surface area (Å²) in [5.74, 6) is -0.454. The quantitative estimate of drug-likeness (QED) is 0.864. The Morgan fingerprint density at radius 3 is 2.83 bits per heavy atom. The van der Waals surface area contributed by atoms with Crippen LogP contribution in [0.2, 0.25) is 0 Å². The molecule has 0 aliphatic carbocycles. The Hall–Kier alpha value is -2.08. The molecule has 0 spiro atoms. The van der Waals surface area contributed by atoms with Crippen LogP contribution in [0.4, 0.5) is 4.79 Å². The molecule has 2 rings (SSSR count). The number of carbonyl (C=O) groups is 2. The lowest BCUT2D eigenvalue weighted by molar-refractivity contribution is -0.158. The Balaban J connectivity index is 2.00. The fourth-order valence-electron chi connectivity index (χ4n) is 2.69. The molecular weight excluding hydrogens is 296 g/mol. The van der Waals surface area contributed by atoms with Gasteiger partial charge in [0.2, 0.25) is 0 Å². The van der Waals surface area contributed by atoms with Crippen LogP contribution in [0.15, 0.2) is 18.2 Å². The zero-order valence-corrected chi connectivity index (χ0v) is 14.1. The number of nitrogens with one attached hydrogen (secondary N) is 1. The molecule has 0 unspecified atom stereocenters. The SMILES string of the molecule is COC(=O)[C@@H]1CN(C(=O)N[C@@H](C)c2cc(C)ccc2C)CCO1. The third kappa shape index (κ3) is 4.22. The summed E-state index contributed by atoms with van der Waals surface area (Å²) in [6.07, 6.45) is -0.712. The molecule has 0 radical (unpaired) electrons. The highest BCUT2D eigenvalue weighted by Crippen LogP contribution is 2.19. The number of ether oxygens (including phenoxy) is 2. The molecule has 1 aliphatic rings. The van der Waals surface area contributed by atoms with Gasteiger partial charge in [-0.25, -0.2) is 9.59 Å². The number of hydrogen-bond donors (Lipinski definition) is 1. The van der Waals surface area contributed by atoms with E-state index in [1.165, 1.54) is 7.11 Å². The smallest absolute Gasteiger partial charge is 0.336 e. The summed E-state index contributed by atoms with van der Waals surface area (Å²) in [5.41, 5.74) is 3.39. The van der Waals surface area contributed by atoms with Crippen molar-refractivity contribution in [2.45, 2.75) is 32.9 Å². The highest BCUT2D eigenvalue weighted by Gasteiger charge is 2.30. The number of methoxy groups -OCH3 is 1. The van der Waals surface area contributed by atoms with Gasteiger partial charge in [-0.1, -0.05) is 23.8 Å². The standard InChI is InChI=1S/C17H24N2O4/c1-11-5-6-12(2)14(9-11)13(3)18-17(21)19-7-8-23-15(10-19)16(20)22-4/h5-6,9,13,15H,7-8,10H2,1-4H3,(H,18,21)/t13-,15-/m0/s1. The summed E-state index contributed by atoms with van der Waals surface area (Å²) in [4.78, 5) is 25.6. The normalized spacial score (nSPS) is 19.1. The summed E-state index contributed by atoms with van der Waals surface area (Å²) >= 11 is 0. The molecule has 6 heteroatoms. The molecule has 1 N–H and O–H groups in total. The van der Waals surface area contributed by atoms with Crippen molar-refractivity contribution in [2.24, 2.45) is 0 Å². The van der Waals surface area contributed by atoms with Gasteiger partial charge in [0.15, 0.2) is 6.10 Å². The minimum atomic E-state index is -0.712. The van der Waals surface area contributed by atoms with E-state index in [4.69, 9.17) is 4.74 Å². The molecule has 1 heterocycles. The summed E-state index contributed by atoms with van der Waals surface area (Å²) in [5, 5.41) is 2.99. The van der Waals surface area contributed by atoms with E-state index in [1.54, 1.807) is 4.90 Å². The van der Waals surface area contributed by atoms with Crippen molar-refractivity contribution >= 4 is 12.0 Å². The van der Waals surface area contributed by atoms with Crippen LogP contribution in [0.5, 0.6) is 0 Å². The third-order valence-electron chi connectivity index (χ3n) is 4.06. The summed E-state index contributed by atoms with van der Waals surface area (Å²) < 4.78 is 10.0. The maximum Gasteiger partial charge on any atom is 0.336 e. The molecule has 1 saturated heterocycles. The maximum absolute atomic E-state index is 12.4. The van der Waals surface area contributed by atoms with Crippen LogP contribution >= 0.6 is 0 Å². The summed E-state index contributed by atoms with van der Waals surface area (Å²) in [7, 11) is 1.31. The van der Waals surface area contributed by atoms with Gasteiger partial charge in [-0.2, -0.15) is 0 Å². The molecule has 6 nitrogen and oxygen atoms in total. The van der Waals surface area contributed by atoms with Crippen molar-refractivity contribution in [3.8, 4) is 0 Å². The first kappa shape index (κ1) is 17.3. The topological polar surface area (TPSA) is 67.9 Å². The molecule has 1 fully saturated rings. The van der Waals surface area contributed by atoms with Gasteiger partial charge in [-0.05, 0) is 31.9 Å². The zero-order chi connectivity index (χ0) is 17.0. The second-order valence-electron chi connectivity index (χ2n) is 5.86. The minimum Gasteiger partial charge on any atom is -0.467 e. The number of hydrogen-bond acceptors (Lipinski definition) is 4. The molecule has 2 amide bonds. The fraction of sp³-hybridized carbons (Fsp3) is 0.529. The Morgan fingerprint density at radius 1 is 1.39 bits per heavy atom. The first-order valence-electron chi connectivity index (χ1n) is 7.74. The van der Waals surface area contributed by atoms with Crippen molar-refractivity contribution < 1.29 is 19.1 Å². The number of amides is 2. The number of nitrogens with zero attached hydrogens (tertiary/aromatic N) is 1. The number of carbonyl (C=O) groups excluding carboxylic acids is 2. The van der Waals surface area contributed by atoms with Crippen LogP contribution in [0.1, 0.15) is 29.7 Å². The van der Waals surface area contributed by atoms with Crippen molar-refractivity contribution in [3.05, 3.63) is 34.9 Å². The number of rotatable bonds is 3. The monoisotopic (exact) mass is 320 g/mol. The van der Waals surface area contributed by atoms with E-state index in [0.29, 0.717) is 13.2 Å². The lowest BCUT2D eigenvalue weighted by atomic mass is 10.00. The molecule has 126 valence electrons. The van der Waals surface area contributed by atoms with Gasteiger partial charge < -0.3 is 19.7 Å². The molecular formula is C17H24N2O4. The van der Waals surface area contributed by atoms with E-state index in [-0.39, 0.29) is 18.6 Å². The predicted octanol–water partition coefficient (Wildman–Crippen LogP) is 1.95. The number of urea groups is 1. The molecule has 2 atom stereocenters. The van der Waals surface area contributed by atoms with Crippen LogP contribution in [-0.2, 0) is 14.3 Å². The van der Waals surface area contributed by atoms with Crippen molar-refractivity contribution in [1.29, 1.82) is 0 Å². The van der Waals surface area contributed by atoms with Gasteiger partial charge in [0.1, 0.15) is 0 Å². The van der Waals surface area contributed by atoms with Gasteiger partial charge in [0.05, 0.1) is 26.3 Å². The molecule has 0 saturated carbocycles. The van der Waals surface area contributed by atoms with Crippen molar-refractivity contribution in [2.75, 3.05) is 26.8 Å². The Labute approximate surface area is 136 Å². The van der Waals surface area contributed by atoms with E-state index in [2.05, 4.69) is 28.3 Å². The second kappa shape index (κ2) is 7.46. The van der Waals surface area contributed by atoms with Crippen LogP contribution < -0.4 is 5.32 Å². The third-order valence-corrected chi connectivity index (χ3v) is 4.06. The molecule has 23 heavy (non-hydrogen) atoms. The van der Waals surface area contributed by atoms with Gasteiger partial charge in [0, 0.05) is 6.54 Å². The van der Waals surface area contributed by atoms with Gasteiger partial charge in [-0.3, -0.25) is 0 Å². The summed E-state index contributed by atoms with van der Waals surface area (Å²) in [6, 6.07) is 5.88. The van der Waals surface area contributed by atoms with E-state index in [0.717, 1.165) is 16.7 Å². The zero-order valence-electron chi connectivity index (χ0n) is 14.1. The Morgan fingerprint density at radius 2 is 2.13 bits per heavy atom. The maximum atomic E-state index is 12.4. The van der Waals surface area contributed by atoms with Gasteiger partial charge >= 0.3 is 12.0 Å².